The van der Waals surface area contributed by atoms with E-state index in [2.05, 4.69) is 36.0 Å². The molecule has 0 saturated heterocycles. The lowest BCUT2D eigenvalue weighted by Crippen LogP contribution is -2.43. The van der Waals surface area contributed by atoms with E-state index in [4.69, 9.17) is 14.5 Å². The molecule has 0 radical (unpaired) electrons. The molecule has 0 fully saturated rings. The Morgan fingerprint density at radius 1 is 1.15 bits per heavy atom. The highest BCUT2D eigenvalue weighted by atomic mass is 32.2. The molecule has 0 bridgehead atoms. The van der Waals surface area contributed by atoms with Crippen LogP contribution in [0.1, 0.15) is 70.6 Å². The van der Waals surface area contributed by atoms with Crippen LogP contribution < -0.4 is 14.4 Å². The van der Waals surface area contributed by atoms with Gasteiger partial charge in [0.2, 0.25) is 0 Å². The summed E-state index contributed by atoms with van der Waals surface area (Å²) in [4.78, 5) is 32.6. The van der Waals surface area contributed by atoms with Crippen LogP contribution in [0.2, 0.25) is 0 Å². The Kier molecular flexibility index (Phi) is 8.69. The number of benzene rings is 2. The molecule has 208 valence electrons. The molecule has 2 amide bonds. The molecule has 0 aliphatic carbocycles. The Hall–Kier alpha value is -3.33. The van der Waals surface area contributed by atoms with E-state index in [1.165, 1.54) is 5.56 Å². The predicted octanol–water partition coefficient (Wildman–Crippen LogP) is 6.29. The van der Waals surface area contributed by atoms with Gasteiger partial charge in [-0.1, -0.05) is 13.0 Å². The van der Waals surface area contributed by atoms with E-state index in [1.54, 1.807) is 14.2 Å². The average molecular weight is 551 g/mol. The summed E-state index contributed by atoms with van der Waals surface area (Å²) >= 11 is 1.14. The van der Waals surface area contributed by atoms with Crippen molar-refractivity contribution in [3.63, 3.8) is 0 Å². The summed E-state index contributed by atoms with van der Waals surface area (Å²) in [5.41, 5.74) is 4.80. The molecule has 0 atom stereocenters. The molecule has 39 heavy (non-hydrogen) atoms. The Balaban J connectivity index is 1.78. The minimum atomic E-state index is -0.566. The molecule has 2 aliphatic rings. The van der Waals surface area contributed by atoms with Gasteiger partial charge in [0.25, 0.3) is 5.91 Å². The quantitative estimate of drug-likeness (QED) is 0.298. The van der Waals surface area contributed by atoms with E-state index >= 15 is 0 Å². The van der Waals surface area contributed by atoms with Gasteiger partial charge >= 0.3 is 5.24 Å². The Morgan fingerprint density at radius 2 is 1.92 bits per heavy atom. The fourth-order valence-corrected chi connectivity index (χ4v) is 5.85. The number of amides is 2. The lowest BCUT2D eigenvalue weighted by atomic mass is 9.93. The summed E-state index contributed by atoms with van der Waals surface area (Å²) in [6.07, 6.45) is 2.81. The minimum absolute atomic E-state index is 0.0788. The van der Waals surface area contributed by atoms with Crippen LogP contribution in [0.25, 0.3) is 0 Å². The lowest BCUT2D eigenvalue weighted by Gasteiger charge is -2.35. The normalized spacial score (nSPS) is 17.2. The lowest BCUT2D eigenvalue weighted by molar-refractivity contribution is -0.127. The fourth-order valence-electron chi connectivity index (χ4n) is 4.93. The number of hydrogen-bond acceptors (Lipinski definition) is 7. The van der Waals surface area contributed by atoms with Crippen LogP contribution in [0, 0.1) is 0 Å². The van der Waals surface area contributed by atoms with E-state index in [1.807, 2.05) is 45.0 Å². The third-order valence-corrected chi connectivity index (χ3v) is 7.79. The zero-order valence-corrected chi connectivity index (χ0v) is 24.7. The number of ether oxygens (including phenoxy) is 2. The van der Waals surface area contributed by atoms with Gasteiger partial charge < -0.3 is 14.4 Å². The van der Waals surface area contributed by atoms with E-state index in [-0.39, 0.29) is 23.6 Å². The maximum Gasteiger partial charge on any atom is 0.309 e. The minimum Gasteiger partial charge on any atom is -0.497 e. The van der Waals surface area contributed by atoms with Crippen LogP contribution in [0.5, 0.6) is 11.5 Å². The first-order chi connectivity index (χ1) is 18.6. The number of rotatable bonds is 7. The van der Waals surface area contributed by atoms with Gasteiger partial charge in [0, 0.05) is 30.8 Å². The van der Waals surface area contributed by atoms with Crippen LogP contribution in [-0.4, -0.2) is 59.3 Å². The Labute approximate surface area is 235 Å². The largest absolute Gasteiger partial charge is 0.497 e. The Morgan fingerprint density at radius 3 is 2.59 bits per heavy atom. The monoisotopic (exact) mass is 550 g/mol. The van der Waals surface area contributed by atoms with Crippen LogP contribution in [0.3, 0.4) is 0 Å². The summed E-state index contributed by atoms with van der Waals surface area (Å²) in [5.74, 6) is 2.01. The van der Waals surface area contributed by atoms with Crippen LogP contribution in [-0.2, 0) is 11.2 Å². The highest BCUT2D eigenvalue weighted by molar-refractivity contribution is 8.15. The standard InChI is InChI=1S/C30H38N4O4S/c1-8-10-26(35)34-29(36)39-30(4,5)27(32-34)21-12-15-24-20(17-21)11-9-16-33(24)28(31-19(2)3)23-14-13-22(37-6)18-25(23)38-7/h12-15,17-19H,8-11,16H2,1-7H3. The van der Waals surface area contributed by atoms with Crippen LogP contribution in [0.4, 0.5) is 10.5 Å². The third-order valence-electron chi connectivity index (χ3n) is 6.74. The second kappa shape index (κ2) is 11.8. The molecular weight excluding hydrogens is 512 g/mol. The number of nitrogens with zero attached hydrogens (tertiary/aromatic N) is 4. The summed E-state index contributed by atoms with van der Waals surface area (Å²) in [6, 6.07) is 12.2. The molecule has 0 unspecified atom stereocenters. The van der Waals surface area contributed by atoms with Gasteiger partial charge in [-0.25, -0.2) is 0 Å². The molecule has 0 spiro atoms. The van der Waals surface area contributed by atoms with E-state index in [0.717, 1.165) is 70.3 Å². The molecule has 2 aromatic rings. The number of amidine groups is 1. The first-order valence-electron chi connectivity index (χ1n) is 13.5. The smallest absolute Gasteiger partial charge is 0.309 e. The Bertz CT molecular complexity index is 1320. The second-order valence-corrected chi connectivity index (χ2v) is 12.1. The number of carbonyl (C=O) groups is 2. The van der Waals surface area contributed by atoms with Gasteiger partial charge in [0.15, 0.2) is 0 Å². The maximum atomic E-state index is 12.7. The number of fused-ring (bicyclic) bond motifs is 1. The SMILES string of the molecule is CCCC(=O)N1N=C(c2ccc3c(c2)CCCN3C(=NC(C)C)c2ccc(OC)cc2OC)C(C)(C)SC1=O. The molecule has 0 aromatic heterocycles. The van der Waals surface area contributed by atoms with Crippen molar-refractivity contribution in [2.45, 2.75) is 71.1 Å². The van der Waals surface area contributed by atoms with Gasteiger partial charge in [-0.3, -0.25) is 14.6 Å². The number of methoxy groups -OCH3 is 2. The van der Waals surface area contributed by atoms with Gasteiger partial charge in [0.05, 0.1) is 30.2 Å². The number of hydrazone groups is 1. The first kappa shape index (κ1) is 28.7. The van der Waals surface area contributed by atoms with Gasteiger partial charge in [0.1, 0.15) is 17.3 Å². The van der Waals surface area contributed by atoms with Crippen molar-refractivity contribution in [3.05, 3.63) is 53.1 Å². The van der Waals surface area contributed by atoms with E-state index in [9.17, 15) is 9.59 Å². The highest BCUT2D eigenvalue weighted by Crippen LogP contribution is 2.39. The molecule has 2 heterocycles. The van der Waals surface area contributed by atoms with E-state index < -0.39 is 4.75 Å². The van der Waals surface area contributed by atoms with Crippen LogP contribution in [0.15, 0.2) is 46.5 Å². The molecule has 0 saturated carbocycles. The van der Waals surface area contributed by atoms with Gasteiger partial charge in [-0.05, 0) is 94.1 Å². The number of aryl methyl sites for hydroxylation is 1. The number of anilines is 1. The first-order valence-corrected chi connectivity index (χ1v) is 14.3. The van der Waals surface area contributed by atoms with E-state index in [0.29, 0.717) is 12.2 Å². The van der Waals surface area contributed by atoms with Crippen molar-refractivity contribution >= 4 is 40.1 Å². The molecule has 9 heteroatoms. The van der Waals surface area contributed by atoms with Gasteiger partial charge in [-0.2, -0.15) is 10.1 Å². The summed E-state index contributed by atoms with van der Waals surface area (Å²) in [5, 5.41) is 5.32. The zero-order valence-electron chi connectivity index (χ0n) is 23.9. The average Bonchev–Trinajstić information content (AvgIpc) is 2.90. The maximum absolute atomic E-state index is 12.7. The number of aliphatic imine (C=N–C) groups is 1. The molecule has 8 nitrogen and oxygen atoms in total. The highest BCUT2D eigenvalue weighted by Gasteiger charge is 2.40. The number of carbonyl (C=O) groups excluding carboxylic acids is 2. The predicted molar refractivity (Wildman–Crippen MR) is 159 cm³/mol. The van der Waals surface area contributed by atoms with Crippen molar-refractivity contribution in [3.8, 4) is 11.5 Å². The summed E-state index contributed by atoms with van der Waals surface area (Å²) in [6.45, 7) is 10.8. The topological polar surface area (TPSA) is 83.8 Å². The van der Waals surface area contributed by atoms with Crippen molar-refractivity contribution in [1.29, 1.82) is 0 Å². The summed E-state index contributed by atoms with van der Waals surface area (Å²) < 4.78 is 10.6. The summed E-state index contributed by atoms with van der Waals surface area (Å²) in [7, 11) is 3.30. The molecule has 2 aromatic carbocycles. The number of hydrogen-bond donors (Lipinski definition) is 0. The zero-order chi connectivity index (χ0) is 28.3. The van der Waals surface area contributed by atoms with Crippen molar-refractivity contribution in [1.82, 2.24) is 5.01 Å². The molecule has 0 N–H and O–H groups in total. The third kappa shape index (κ3) is 5.98. The molecule has 2 aliphatic heterocycles. The van der Waals surface area contributed by atoms with Crippen LogP contribution >= 0.6 is 11.8 Å². The van der Waals surface area contributed by atoms with Crippen molar-refractivity contribution < 1.29 is 19.1 Å². The number of imide groups is 1. The van der Waals surface area contributed by atoms with Crippen molar-refractivity contribution in [2.75, 3.05) is 25.7 Å². The molecular formula is C30H38N4O4S. The second-order valence-electron chi connectivity index (χ2n) is 10.5. The molecule has 4 rings (SSSR count). The number of thioether (sulfide) groups is 1. The fraction of sp³-hybridized carbons (Fsp3) is 0.467. The van der Waals surface area contributed by atoms with Gasteiger partial charge in [-0.15, -0.1) is 0 Å². The van der Waals surface area contributed by atoms with Crippen molar-refractivity contribution in [2.24, 2.45) is 10.1 Å².